The van der Waals surface area contributed by atoms with Gasteiger partial charge in [-0.25, -0.2) is 13.1 Å². The molecule has 2 aromatic rings. The lowest BCUT2D eigenvalue weighted by atomic mass is 9.55. The minimum absolute atomic E-state index is 0.0498. The second kappa shape index (κ2) is 13.5. The van der Waals surface area contributed by atoms with Crippen LogP contribution >= 0.6 is 11.6 Å². The standard InChI is InChI=1S/C38H50ClN3O6S/c1-25-7-5-9-30(36-46-19-29(20-47-36)41(3)4)32-14-16-37(32,2)22-42-23-38(15-6-8-26-17-28(39)11-12-31(26)38)24-48-34-13-10-27(18-33(34)42)35(43)40-49(44,45)21-25/h10-13,17-18,29-30,32,36H,1,5-9,14-16,19-24H2,2-4H3,(H,40,43)/t29?,30-,32+,36?,37?,38+/m1/s1. The Balaban J connectivity index is 1.28. The van der Waals surface area contributed by atoms with E-state index in [-0.39, 0.29) is 40.4 Å². The number of anilines is 1. The van der Waals surface area contributed by atoms with E-state index in [1.165, 1.54) is 11.1 Å². The van der Waals surface area contributed by atoms with E-state index in [9.17, 15) is 13.2 Å². The Kier molecular flexibility index (Phi) is 9.58. The molecule has 1 spiro atoms. The molecule has 7 rings (SSSR count). The van der Waals surface area contributed by atoms with Gasteiger partial charge in [0.1, 0.15) is 5.75 Å². The van der Waals surface area contributed by atoms with Crippen molar-refractivity contribution in [2.24, 2.45) is 17.3 Å². The number of hydrogen-bond acceptors (Lipinski definition) is 8. The van der Waals surface area contributed by atoms with E-state index in [2.05, 4.69) is 54.3 Å². The summed E-state index contributed by atoms with van der Waals surface area (Å²) in [6.45, 7) is 9.70. The molecule has 2 aromatic carbocycles. The monoisotopic (exact) mass is 711 g/mol. The van der Waals surface area contributed by atoms with Crippen molar-refractivity contribution in [3.8, 4) is 5.75 Å². The van der Waals surface area contributed by atoms with Gasteiger partial charge in [0, 0.05) is 35.0 Å². The highest BCUT2D eigenvalue weighted by atomic mass is 35.5. The lowest BCUT2D eigenvalue weighted by Crippen LogP contribution is -2.56. The number of rotatable bonds is 2. The Hall–Kier alpha value is -2.63. The Bertz CT molecular complexity index is 1710. The van der Waals surface area contributed by atoms with Gasteiger partial charge in [-0.3, -0.25) is 4.79 Å². The highest BCUT2D eigenvalue weighted by Gasteiger charge is 2.52. The van der Waals surface area contributed by atoms with E-state index in [4.69, 9.17) is 25.8 Å². The van der Waals surface area contributed by atoms with Crippen molar-refractivity contribution >= 4 is 33.2 Å². The van der Waals surface area contributed by atoms with Crippen molar-refractivity contribution in [2.75, 3.05) is 57.7 Å². The lowest BCUT2D eigenvalue weighted by Gasteiger charge is -2.55. The number of fused-ring (bicyclic) bond motifs is 4. The Morgan fingerprint density at radius 1 is 1.02 bits per heavy atom. The molecule has 1 N–H and O–H groups in total. The van der Waals surface area contributed by atoms with E-state index in [1.807, 2.05) is 18.2 Å². The molecule has 9 nitrogen and oxygen atoms in total. The Labute approximate surface area is 296 Å². The van der Waals surface area contributed by atoms with Gasteiger partial charge in [-0.15, -0.1) is 0 Å². The van der Waals surface area contributed by atoms with Crippen LogP contribution in [0, 0.1) is 17.3 Å². The fourth-order valence-corrected chi connectivity index (χ4v) is 10.5. The van der Waals surface area contributed by atoms with E-state index in [1.54, 1.807) is 6.07 Å². The number of sulfonamides is 1. The number of nitrogens with one attached hydrogen (secondary N) is 1. The predicted octanol–water partition coefficient (Wildman–Crippen LogP) is 5.95. The normalized spacial score (nSPS) is 33.4. The summed E-state index contributed by atoms with van der Waals surface area (Å²) in [7, 11) is 0.168. The van der Waals surface area contributed by atoms with Crippen LogP contribution in [0.4, 0.5) is 5.69 Å². The molecular weight excluding hydrogens is 662 g/mol. The third-order valence-corrected chi connectivity index (χ3v) is 13.5. The molecule has 3 aliphatic heterocycles. The van der Waals surface area contributed by atoms with Crippen LogP contribution in [0.25, 0.3) is 0 Å². The average Bonchev–Trinajstić information content (AvgIpc) is 3.19. The highest BCUT2D eigenvalue weighted by molar-refractivity contribution is 7.90. The fourth-order valence-electron chi connectivity index (χ4n) is 9.15. The van der Waals surface area contributed by atoms with Gasteiger partial charge in [-0.1, -0.05) is 36.7 Å². The summed E-state index contributed by atoms with van der Waals surface area (Å²) in [4.78, 5) is 18.0. The van der Waals surface area contributed by atoms with Crippen molar-refractivity contribution in [1.82, 2.24) is 9.62 Å². The molecule has 4 atom stereocenters. The van der Waals surface area contributed by atoms with Crippen LogP contribution in [-0.4, -0.2) is 84.3 Å². The molecule has 5 aliphatic rings. The maximum Gasteiger partial charge on any atom is 0.264 e. The first-order chi connectivity index (χ1) is 23.3. The van der Waals surface area contributed by atoms with Crippen molar-refractivity contribution in [1.29, 1.82) is 0 Å². The summed E-state index contributed by atoms with van der Waals surface area (Å²) in [6, 6.07) is 11.8. The Morgan fingerprint density at radius 3 is 2.55 bits per heavy atom. The molecule has 2 fully saturated rings. The molecule has 2 bridgehead atoms. The van der Waals surface area contributed by atoms with Gasteiger partial charge >= 0.3 is 0 Å². The number of carbonyl (C=O) groups is 1. The number of carbonyl (C=O) groups excluding carboxylic acids is 1. The third-order valence-electron chi connectivity index (χ3n) is 12.0. The molecule has 0 radical (unpaired) electrons. The van der Waals surface area contributed by atoms with Crippen LogP contribution in [0.5, 0.6) is 5.75 Å². The summed E-state index contributed by atoms with van der Waals surface area (Å²) in [6.07, 6.45) is 6.97. The fraction of sp³-hybridized carbons (Fsp3) is 0.605. The quantitative estimate of drug-likeness (QED) is 0.382. The number of ether oxygens (including phenoxy) is 3. The lowest BCUT2D eigenvalue weighted by molar-refractivity contribution is -0.246. The first kappa shape index (κ1) is 34.8. The molecule has 11 heteroatoms. The van der Waals surface area contributed by atoms with E-state index < -0.39 is 15.9 Å². The van der Waals surface area contributed by atoms with Crippen LogP contribution in [0.2, 0.25) is 5.02 Å². The topological polar surface area (TPSA) is 97.4 Å². The summed E-state index contributed by atoms with van der Waals surface area (Å²) in [5, 5.41) is 0.743. The van der Waals surface area contributed by atoms with Crippen molar-refractivity contribution in [3.63, 3.8) is 0 Å². The number of hydrogen-bond donors (Lipinski definition) is 1. The van der Waals surface area contributed by atoms with Crippen LogP contribution < -0.4 is 14.4 Å². The first-order valence-electron chi connectivity index (χ1n) is 17.8. The second-order valence-corrected chi connectivity index (χ2v) is 17.9. The molecule has 266 valence electrons. The van der Waals surface area contributed by atoms with Gasteiger partial charge in [0.2, 0.25) is 10.0 Å². The smallest absolute Gasteiger partial charge is 0.264 e. The molecule has 1 saturated heterocycles. The summed E-state index contributed by atoms with van der Waals surface area (Å²) in [5.74, 6) is 0.258. The highest BCUT2D eigenvalue weighted by Crippen LogP contribution is 2.55. The van der Waals surface area contributed by atoms with E-state index in [0.29, 0.717) is 50.0 Å². The van der Waals surface area contributed by atoms with Crippen molar-refractivity contribution in [3.05, 3.63) is 70.3 Å². The molecule has 1 saturated carbocycles. The third kappa shape index (κ3) is 7.01. The first-order valence-corrected chi connectivity index (χ1v) is 19.8. The van der Waals surface area contributed by atoms with Crippen LogP contribution in [0.3, 0.4) is 0 Å². The predicted molar refractivity (Wildman–Crippen MR) is 192 cm³/mol. The van der Waals surface area contributed by atoms with Gasteiger partial charge in [-0.05, 0) is 118 Å². The number of nitrogens with zero attached hydrogens (tertiary/aromatic N) is 2. The molecular formula is C38H50ClN3O6S. The van der Waals surface area contributed by atoms with Gasteiger partial charge in [0.25, 0.3) is 5.91 Å². The number of likely N-dealkylation sites (N-methyl/N-ethyl adjacent to an activating group) is 1. The summed E-state index contributed by atoms with van der Waals surface area (Å²) < 4.78 is 48.2. The Morgan fingerprint density at radius 2 is 1.82 bits per heavy atom. The number of aryl methyl sites for hydroxylation is 1. The zero-order valence-electron chi connectivity index (χ0n) is 29.0. The van der Waals surface area contributed by atoms with E-state index in [0.717, 1.165) is 62.2 Å². The van der Waals surface area contributed by atoms with Gasteiger partial charge in [0.15, 0.2) is 6.29 Å². The van der Waals surface area contributed by atoms with Crippen LogP contribution in [0.15, 0.2) is 48.6 Å². The maximum absolute atomic E-state index is 13.4. The van der Waals surface area contributed by atoms with Gasteiger partial charge in [-0.2, -0.15) is 0 Å². The zero-order valence-corrected chi connectivity index (χ0v) is 30.6. The largest absolute Gasteiger partial charge is 0.490 e. The van der Waals surface area contributed by atoms with Crippen LogP contribution in [0.1, 0.15) is 73.4 Å². The average molecular weight is 712 g/mol. The maximum atomic E-state index is 13.4. The number of amides is 1. The molecule has 3 heterocycles. The zero-order chi connectivity index (χ0) is 34.6. The second-order valence-electron chi connectivity index (χ2n) is 15.7. The minimum Gasteiger partial charge on any atom is -0.490 e. The minimum atomic E-state index is -3.93. The molecule has 49 heavy (non-hydrogen) atoms. The molecule has 1 unspecified atom stereocenters. The van der Waals surface area contributed by atoms with Crippen molar-refractivity contribution in [2.45, 2.75) is 76.0 Å². The summed E-state index contributed by atoms with van der Waals surface area (Å²) in [5.41, 5.74) is 3.92. The number of halogens is 1. The van der Waals surface area contributed by atoms with Gasteiger partial charge < -0.3 is 24.0 Å². The van der Waals surface area contributed by atoms with E-state index >= 15 is 0 Å². The van der Waals surface area contributed by atoms with Crippen molar-refractivity contribution < 1.29 is 27.4 Å². The molecule has 1 amide bonds. The number of benzene rings is 2. The molecule has 2 aliphatic carbocycles. The van der Waals surface area contributed by atoms with Crippen LogP contribution in [-0.2, 0) is 31.3 Å². The molecule has 0 aromatic heterocycles. The van der Waals surface area contributed by atoms with Gasteiger partial charge in [0.05, 0.1) is 37.3 Å². The summed E-state index contributed by atoms with van der Waals surface area (Å²) >= 11 is 6.48. The SMILES string of the molecule is C=C1CCC[C@@H](C2OCC(N(C)C)CO2)[C@@H]2CCC2(C)CN2C[C@@]3(CCCc4cc(Cl)ccc43)COc3ccc(cc32)C(=O)NS(=O)(=O)C1.